The van der Waals surface area contributed by atoms with Crippen molar-refractivity contribution >= 4 is 17.8 Å². The van der Waals surface area contributed by atoms with Gasteiger partial charge in [0.2, 0.25) is 0 Å². The molecule has 1 heterocycles. The van der Waals surface area contributed by atoms with Crippen molar-refractivity contribution in [1.29, 1.82) is 0 Å². The number of hydrogen-bond acceptors (Lipinski definition) is 5. The van der Waals surface area contributed by atoms with Gasteiger partial charge in [0.05, 0.1) is 24.2 Å². The van der Waals surface area contributed by atoms with E-state index in [9.17, 15) is 40.7 Å². The Kier molecular flexibility index (Phi) is 10.3. The maximum absolute atomic E-state index is 13.5. The lowest BCUT2D eigenvalue weighted by Crippen LogP contribution is -2.48. The smallest absolute Gasteiger partial charge is 0.416 e. The largest absolute Gasteiger partial charge is 0.480 e. The summed E-state index contributed by atoms with van der Waals surface area (Å²) in [5.74, 6) is -2.81. The van der Waals surface area contributed by atoms with Crippen molar-refractivity contribution in [3.63, 3.8) is 0 Å². The number of carbonyl (C=O) groups is 3. The van der Waals surface area contributed by atoms with Gasteiger partial charge in [0.15, 0.2) is 0 Å². The van der Waals surface area contributed by atoms with Crippen molar-refractivity contribution < 1.29 is 50.6 Å². The Morgan fingerprint density at radius 1 is 0.952 bits per heavy atom. The summed E-state index contributed by atoms with van der Waals surface area (Å²) in [6, 6.07) is 9.32. The first-order valence-corrected chi connectivity index (χ1v) is 13.2. The fourth-order valence-corrected chi connectivity index (χ4v) is 5.26. The number of piperidine rings is 1. The van der Waals surface area contributed by atoms with E-state index in [1.165, 1.54) is 4.90 Å². The number of esters is 1. The van der Waals surface area contributed by atoms with Crippen molar-refractivity contribution in [1.82, 2.24) is 10.2 Å². The molecular weight excluding hydrogens is 570 g/mol. The van der Waals surface area contributed by atoms with E-state index in [1.807, 2.05) is 12.1 Å². The first kappa shape index (κ1) is 32.9. The highest BCUT2D eigenvalue weighted by molar-refractivity contribution is 5.95. The molecular formula is C29H32F6N2O5. The highest BCUT2D eigenvalue weighted by Gasteiger charge is 2.40. The number of carboxylic acid groups (broad SMARTS) is 1. The third-order valence-electron chi connectivity index (χ3n) is 6.95. The summed E-state index contributed by atoms with van der Waals surface area (Å²) in [6.45, 7) is 2.72. The zero-order valence-corrected chi connectivity index (χ0v) is 23.0. The fourth-order valence-electron chi connectivity index (χ4n) is 5.26. The highest BCUT2D eigenvalue weighted by atomic mass is 19.4. The van der Waals surface area contributed by atoms with Gasteiger partial charge in [-0.2, -0.15) is 26.3 Å². The zero-order valence-electron chi connectivity index (χ0n) is 23.0. The quantitative estimate of drug-likeness (QED) is 0.273. The molecule has 0 aromatic heterocycles. The summed E-state index contributed by atoms with van der Waals surface area (Å²) in [4.78, 5) is 37.7. The van der Waals surface area contributed by atoms with E-state index in [1.54, 1.807) is 32.0 Å². The molecule has 7 nitrogen and oxygen atoms in total. The number of rotatable bonds is 10. The van der Waals surface area contributed by atoms with Gasteiger partial charge in [0.25, 0.3) is 5.91 Å². The predicted molar refractivity (Wildman–Crippen MR) is 139 cm³/mol. The lowest BCUT2D eigenvalue weighted by molar-refractivity contribution is -0.157. The van der Waals surface area contributed by atoms with Gasteiger partial charge in [0.1, 0.15) is 5.60 Å². The van der Waals surface area contributed by atoms with E-state index in [0.717, 1.165) is 5.56 Å². The van der Waals surface area contributed by atoms with Gasteiger partial charge in [-0.1, -0.05) is 30.3 Å². The molecule has 2 unspecified atom stereocenters. The molecule has 1 aliphatic heterocycles. The zero-order chi connectivity index (χ0) is 31.3. The monoisotopic (exact) mass is 602 g/mol. The number of nitrogens with one attached hydrogen (secondary N) is 1. The number of alkyl halides is 6. The second-order valence-electron chi connectivity index (χ2n) is 11.0. The Balaban J connectivity index is 1.83. The van der Waals surface area contributed by atoms with Crippen LogP contribution in [0.1, 0.15) is 60.2 Å². The molecule has 2 aromatic carbocycles. The standard InChI is InChI=1S/C29H32F6N2O5/c1-27(2,42-25(40)17-36-16-24(38)39)15-19-8-9-37(23(11-19)10-18-6-4-3-5-7-18)26(41)20-12-21(28(30,31)32)14-22(13-20)29(33,34)35/h3-7,12-14,19,23,36H,8-11,15-17H2,1-2H3,(H,38,39). The molecule has 2 aromatic rings. The van der Waals surface area contributed by atoms with E-state index >= 15 is 0 Å². The summed E-state index contributed by atoms with van der Waals surface area (Å²) in [5.41, 5.74) is -3.94. The number of ether oxygens (including phenoxy) is 1. The van der Waals surface area contributed by atoms with Crippen LogP contribution in [0.15, 0.2) is 48.5 Å². The number of hydrogen-bond donors (Lipinski definition) is 2. The molecule has 1 amide bonds. The molecule has 3 rings (SSSR count). The molecule has 0 spiro atoms. The van der Waals surface area contributed by atoms with Crippen LogP contribution in [0, 0.1) is 5.92 Å². The van der Waals surface area contributed by atoms with Gasteiger partial charge < -0.3 is 14.7 Å². The first-order chi connectivity index (χ1) is 19.4. The molecule has 0 aliphatic carbocycles. The van der Waals surface area contributed by atoms with Crippen molar-refractivity contribution in [3.05, 3.63) is 70.8 Å². The van der Waals surface area contributed by atoms with Crippen LogP contribution in [-0.2, 0) is 33.1 Å². The number of halogens is 6. The van der Waals surface area contributed by atoms with E-state index in [4.69, 9.17) is 9.84 Å². The Bertz CT molecular complexity index is 1230. The van der Waals surface area contributed by atoms with Crippen LogP contribution in [0.5, 0.6) is 0 Å². The van der Waals surface area contributed by atoms with Gasteiger partial charge in [-0.05, 0) is 69.2 Å². The Hall–Kier alpha value is -3.61. The van der Waals surface area contributed by atoms with Gasteiger partial charge in [-0.25, -0.2) is 0 Å². The Morgan fingerprint density at radius 3 is 2.10 bits per heavy atom. The number of nitrogens with zero attached hydrogens (tertiary/aromatic N) is 1. The summed E-state index contributed by atoms with van der Waals surface area (Å²) >= 11 is 0. The van der Waals surface area contributed by atoms with E-state index in [2.05, 4.69) is 5.32 Å². The molecule has 0 bridgehead atoms. The summed E-state index contributed by atoms with van der Waals surface area (Å²) in [7, 11) is 0. The van der Waals surface area contributed by atoms with Crippen LogP contribution in [0.25, 0.3) is 0 Å². The lowest BCUT2D eigenvalue weighted by atomic mass is 9.81. The third-order valence-corrected chi connectivity index (χ3v) is 6.95. The Labute approximate surface area is 238 Å². The average Bonchev–Trinajstić information content (AvgIpc) is 2.87. The number of carboxylic acids is 1. The maximum atomic E-state index is 13.5. The normalized spacial score (nSPS) is 18.0. The molecule has 1 saturated heterocycles. The second kappa shape index (κ2) is 13.1. The molecule has 13 heteroatoms. The van der Waals surface area contributed by atoms with Crippen molar-refractivity contribution in [3.8, 4) is 0 Å². The average molecular weight is 603 g/mol. The maximum Gasteiger partial charge on any atom is 0.416 e. The molecule has 1 fully saturated rings. The second-order valence-corrected chi connectivity index (χ2v) is 11.0. The van der Waals surface area contributed by atoms with Gasteiger partial charge in [0, 0.05) is 18.2 Å². The molecule has 0 saturated carbocycles. The summed E-state index contributed by atoms with van der Waals surface area (Å²) < 4.78 is 86.2. The van der Waals surface area contributed by atoms with E-state index in [-0.39, 0.29) is 25.1 Å². The van der Waals surface area contributed by atoms with Crippen molar-refractivity contribution in [2.24, 2.45) is 5.92 Å². The lowest BCUT2D eigenvalue weighted by Gasteiger charge is -2.42. The van der Waals surface area contributed by atoms with Crippen molar-refractivity contribution in [2.45, 2.75) is 63.5 Å². The number of aliphatic carboxylic acids is 1. The fraction of sp³-hybridized carbons (Fsp3) is 0.483. The van der Waals surface area contributed by atoms with Crippen LogP contribution in [0.3, 0.4) is 0 Å². The minimum Gasteiger partial charge on any atom is -0.480 e. The summed E-state index contributed by atoms with van der Waals surface area (Å²) in [6.07, 6.45) is -8.75. The number of carbonyl (C=O) groups excluding carboxylic acids is 2. The van der Waals surface area contributed by atoms with Gasteiger partial charge in [-0.3, -0.25) is 19.7 Å². The summed E-state index contributed by atoms with van der Waals surface area (Å²) in [5, 5.41) is 11.1. The number of benzene rings is 2. The molecule has 2 atom stereocenters. The number of likely N-dealkylation sites (tertiary alicyclic amines) is 1. The third kappa shape index (κ3) is 9.47. The predicted octanol–water partition coefficient (Wildman–Crippen LogP) is 5.57. The first-order valence-electron chi connectivity index (χ1n) is 13.2. The van der Waals surface area contributed by atoms with Gasteiger partial charge in [-0.15, -0.1) is 0 Å². The minimum absolute atomic E-state index is 0.00889. The van der Waals surface area contributed by atoms with Crippen LogP contribution in [0.2, 0.25) is 0 Å². The Morgan fingerprint density at radius 2 is 1.55 bits per heavy atom. The van der Waals surface area contributed by atoms with Crippen LogP contribution in [0.4, 0.5) is 26.3 Å². The van der Waals surface area contributed by atoms with Crippen LogP contribution in [-0.4, -0.2) is 59.1 Å². The molecule has 230 valence electrons. The molecule has 42 heavy (non-hydrogen) atoms. The number of amides is 1. The molecule has 2 N–H and O–H groups in total. The van der Waals surface area contributed by atoms with Crippen LogP contribution >= 0.6 is 0 Å². The highest BCUT2D eigenvalue weighted by Crippen LogP contribution is 2.38. The van der Waals surface area contributed by atoms with Crippen molar-refractivity contribution in [2.75, 3.05) is 19.6 Å². The van der Waals surface area contributed by atoms with E-state index < -0.39 is 65.1 Å². The minimum atomic E-state index is -5.08. The molecule has 0 radical (unpaired) electrons. The molecule has 1 aliphatic rings. The topological polar surface area (TPSA) is 95.9 Å². The SMILES string of the molecule is CC(C)(CC1CCN(C(=O)c2cc(C(F)(F)F)cc(C(F)(F)F)c2)C(Cc2ccccc2)C1)OC(=O)CNCC(=O)O. The van der Waals surface area contributed by atoms with Crippen LogP contribution < -0.4 is 5.32 Å². The van der Waals surface area contributed by atoms with E-state index in [0.29, 0.717) is 37.8 Å². The van der Waals surface area contributed by atoms with Gasteiger partial charge >= 0.3 is 24.3 Å².